The third-order valence-corrected chi connectivity index (χ3v) is 23.6. The second-order valence-corrected chi connectivity index (χ2v) is 33.8. The normalized spacial score (nSPS) is 17.7. The van der Waals surface area contributed by atoms with Gasteiger partial charge in [-0.3, -0.25) is 53.2 Å². The Labute approximate surface area is 853 Å². The number of rotatable bonds is 29. The van der Waals surface area contributed by atoms with Crippen molar-refractivity contribution in [2.75, 3.05) is 41.1 Å². The molecule has 0 unspecified atom stereocenters. The van der Waals surface area contributed by atoms with Crippen LogP contribution in [0.15, 0.2) is 166 Å². The van der Waals surface area contributed by atoms with E-state index in [4.69, 9.17) is 31.9 Å². The van der Waals surface area contributed by atoms with Gasteiger partial charge in [-0.05, 0) is 159 Å². The van der Waals surface area contributed by atoms with Crippen LogP contribution in [0.25, 0.3) is 91.4 Å². The van der Waals surface area contributed by atoms with Gasteiger partial charge in [0.2, 0.25) is 47.4 Å². The molecule has 8 N–H and O–H groups in total. The minimum absolute atomic E-state index is 0. The van der Waals surface area contributed by atoms with E-state index in [0.717, 1.165) is 124 Å². The van der Waals surface area contributed by atoms with E-state index in [1.807, 2.05) is 20.8 Å². The Kier molecular flexibility index (Phi) is 34.4. The number of aromatic amines is 3. The van der Waals surface area contributed by atoms with Crippen molar-refractivity contribution in [2.45, 2.75) is 166 Å². The average Bonchev–Trinajstić information content (AvgIpc) is 1.65. The Hall–Kier alpha value is -13.6. The number of pyridine rings is 4. The Morgan fingerprint density at radius 3 is 0.979 bits per heavy atom. The largest absolute Gasteiger partial charge is 1.00 e. The Bertz CT molecular complexity index is 7120. The molecule has 4 aliphatic carbocycles. The molecule has 0 spiro atoms. The van der Waals surface area contributed by atoms with Crippen LogP contribution < -0.4 is 90.2 Å². The van der Waals surface area contributed by atoms with Crippen LogP contribution >= 0.6 is 7.82 Å². The topological polar surface area (TPSA) is 568 Å². The van der Waals surface area contributed by atoms with Gasteiger partial charge < -0.3 is 77.1 Å². The zero-order valence-electron chi connectivity index (χ0n) is 77.1. The molecular formula is C89H85F8N28Na2O16P. The monoisotopic (exact) mass is 2030 g/mol. The van der Waals surface area contributed by atoms with E-state index < -0.39 is 85.2 Å². The van der Waals surface area contributed by atoms with Crippen molar-refractivity contribution in [3.8, 4) is 91.4 Å². The van der Waals surface area contributed by atoms with Crippen molar-refractivity contribution in [3.63, 3.8) is 0 Å². The molecule has 4 aliphatic rings. The fourth-order valence-corrected chi connectivity index (χ4v) is 16.4. The van der Waals surface area contributed by atoms with Crippen molar-refractivity contribution in [2.24, 2.45) is 0 Å². The molecule has 16 heterocycles. The number of ether oxygens (including phenoxy) is 3. The van der Waals surface area contributed by atoms with Gasteiger partial charge in [0.15, 0.2) is 46.0 Å². The van der Waals surface area contributed by atoms with Gasteiger partial charge in [0.25, 0.3) is 23.6 Å². The number of nitrogens with one attached hydrogen (secondary N) is 7. The number of aromatic nitrogens is 24. The van der Waals surface area contributed by atoms with E-state index in [-0.39, 0.29) is 228 Å². The van der Waals surface area contributed by atoms with Gasteiger partial charge in [-0.1, -0.05) is 0 Å². The number of H-pyrrole nitrogens is 3. The van der Waals surface area contributed by atoms with Gasteiger partial charge in [-0.15, -0.1) is 0 Å². The zero-order chi connectivity index (χ0) is 99.4. The summed E-state index contributed by atoms with van der Waals surface area (Å²) in [6.45, 7) is 7.07. The summed E-state index contributed by atoms with van der Waals surface area (Å²) in [6.07, 6.45) is 33.2. The predicted octanol–water partition coefficient (Wildman–Crippen LogP) is 7.96. The number of phosphoric ester groups is 1. The number of amides is 4. The Balaban J connectivity index is 0.000000144. The molecule has 44 nitrogen and oxygen atoms in total. The van der Waals surface area contributed by atoms with Gasteiger partial charge in [-0.25, -0.2) is 62.1 Å². The Morgan fingerprint density at radius 1 is 0.396 bits per heavy atom. The smallest absolute Gasteiger partial charge is 0.790 e. The summed E-state index contributed by atoms with van der Waals surface area (Å²) in [6, 6.07) is 7.36. The fourth-order valence-electron chi connectivity index (χ4n) is 16.2. The molecule has 16 aromatic heterocycles. The maximum atomic E-state index is 14.7. The quantitative estimate of drug-likeness (QED) is 0.00953. The molecule has 4 saturated carbocycles. The molecule has 0 atom stereocenters. The third kappa shape index (κ3) is 25.6. The van der Waals surface area contributed by atoms with Crippen LogP contribution in [0.5, 0.6) is 0 Å². The summed E-state index contributed by atoms with van der Waals surface area (Å²) in [4.78, 5) is 104. The standard InChI is InChI=1S/C24H26F2N7O7P.C23H23F2N7O3.2C21H19F2N7O3.2Na/c1-2-38-16-5-3-15(4-6-16)33-11-18(22(31-33)21-17(25)7-8-20(26)30-21)28-23(34)19-12-39-24(29-19)14-9-27-32(10-14)13-40-41(35,36)37;1-2-34-15-5-3-14(4-6-15)32-11-17(21(31-32)20-16(24)7-8-19(25)30-20)28-22(33)18-12-35-23(29-18)13-9-26-27-10-13;22-14-5-6-17(23)28-18(14)19-15(9-30(29-19)12-1-3-13(31)4-2-12)26-20(32)16-10-33-21(27-16)11-7-24-25-8-11;1-2-32-13-5-12(6-13)30-9-15(19(29-30)18-14(22)3-4-17(23)28-18)26-20(31)16-10-33-21(27-16)11-7-24-25-8-11;;/h7-12,15-16H,2-6,13H2,1H3,(H,28,34)(H2,35,36,37);7-12,14-15H,2-6H2,1H3,(H,26,27)(H,28,33);5-10,12-13,31H,1-4H2,(H,24,25)(H,26,32);3-4,7-10,12-13H,2,5-6H2,1H3,(H,24,25)(H,26,31);;/q;;;;2*+1/p-2. The molecule has 0 radical (unpaired) electrons. The first-order chi connectivity index (χ1) is 68.6. The second-order valence-electron chi connectivity index (χ2n) is 32.7. The van der Waals surface area contributed by atoms with Gasteiger partial charge >= 0.3 is 59.1 Å². The molecule has 740 valence electrons. The summed E-state index contributed by atoms with van der Waals surface area (Å²) in [5.41, 5.74) is 1.11. The summed E-state index contributed by atoms with van der Waals surface area (Å²) in [5, 5.41) is 61.4. The van der Waals surface area contributed by atoms with Crippen LogP contribution in [0.3, 0.4) is 0 Å². The zero-order valence-corrected chi connectivity index (χ0v) is 82.0. The maximum absolute atomic E-state index is 14.7. The van der Waals surface area contributed by atoms with Crippen molar-refractivity contribution in [3.05, 3.63) is 218 Å². The third-order valence-electron chi connectivity index (χ3n) is 23.2. The van der Waals surface area contributed by atoms with Crippen LogP contribution in [0.4, 0.5) is 57.9 Å². The predicted molar refractivity (Wildman–Crippen MR) is 475 cm³/mol. The van der Waals surface area contributed by atoms with Gasteiger partial charge in [-0.2, -0.15) is 58.4 Å². The first-order valence-corrected chi connectivity index (χ1v) is 46.0. The van der Waals surface area contributed by atoms with E-state index >= 15 is 0 Å². The molecule has 20 rings (SSSR count). The molecule has 144 heavy (non-hydrogen) atoms. The second kappa shape index (κ2) is 47.3. The van der Waals surface area contributed by atoms with Gasteiger partial charge in [0.05, 0.1) is 126 Å². The molecule has 16 aromatic rings. The molecule has 55 heteroatoms. The van der Waals surface area contributed by atoms with E-state index in [1.54, 1.807) is 62.1 Å². The maximum Gasteiger partial charge on any atom is 1.00 e. The van der Waals surface area contributed by atoms with Crippen molar-refractivity contribution < 1.29 is 169 Å². The first kappa shape index (κ1) is 105. The SMILES string of the molecule is CCOC1CC(n2cc(NC(=O)c3coc(-c4cn[nH]c4)n3)c(-c3nc(F)ccc3F)n2)C1.CCOC1CCC(n2cc(NC(=O)c3coc(-c4cn[nH]c4)n3)c(-c3nc(F)ccc3F)n2)CC1.CCOC1CCC(n2cc(NC(=O)c3coc(-c4cnn(COP(=O)([O-])[O-])c4)n3)c(-c3nc(F)ccc3F)n2)CC1.O=C(Nc1cn(C2CCC(O)CC2)nc1-c1nc(F)ccc1F)c1coc(-c2cn[nH]c2)n1.[Na+].[Na+]. The molecule has 0 bridgehead atoms. The molecule has 0 aromatic carbocycles. The molecular weight excluding hydrogens is 1950 g/mol. The number of hydrogen-bond acceptors (Lipinski definition) is 32. The number of nitrogens with zero attached hydrogens (tertiary/aromatic N) is 21. The number of carbonyl (C=O) groups excluding carboxylic acids is 4. The summed E-state index contributed by atoms with van der Waals surface area (Å²) in [7, 11) is -5.20. The minimum atomic E-state index is -5.20. The van der Waals surface area contributed by atoms with Gasteiger partial charge in [0.1, 0.15) is 77.3 Å². The van der Waals surface area contributed by atoms with E-state index in [1.165, 1.54) is 49.8 Å². The summed E-state index contributed by atoms with van der Waals surface area (Å²) >= 11 is 0. The van der Waals surface area contributed by atoms with E-state index in [2.05, 4.69) is 122 Å². The molecule has 0 saturated heterocycles. The summed E-state index contributed by atoms with van der Waals surface area (Å²) in [5.74, 6) is -8.58. The van der Waals surface area contributed by atoms with Crippen LogP contribution in [0, 0.1) is 47.1 Å². The first-order valence-electron chi connectivity index (χ1n) is 44.5. The van der Waals surface area contributed by atoms with Crippen LogP contribution in [0.1, 0.15) is 177 Å². The molecule has 4 amide bonds. The summed E-state index contributed by atoms with van der Waals surface area (Å²) < 4.78 is 174. The van der Waals surface area contributed by atoms with Gasteiger partial charge in [0, 0.05) is 69.4 Å². The van der Waals surface area contributed by atoms with Crippen molar-refractivity contribution in [1.29, 1.82) is 0 Å². The average molecular weight is 2030 g/mol. The van der Waals surface area contributed by atoms with Crippen molar-refractivity contribution >= 4 is 54.2 Å². The van der Waals surface area contributed by atoms with Crippen molar-refractivity contribution in [1.82, 2.24) is 119 Å². The van der Waals surface area contributed by atoms with E-state index in [9.17, 15) is 73.8 Å². The number of aliphatic hydroxyl groups is 1. The van der Waals surface area contributed by atoms with Crippen LogP contribution in [-0.2, 0) is 30.0 Å². The number of phosphoric acid groups is 1. The number of aliphatic hydroxyl groups excluding tert-OH is 1. The molecule has 0 aliphatic heterocycles. The van der Waals surface area contributed by atoms with Crippen LogP contribution in [-0.4, -0.2) is 192 Å². The molecule has 4 fully saturated rings. The number of oxazole rings is 4. The van der Waals surface area contributed by atoms with E-state index in [0.29, 0.717) is 62.2 Å². The minimum Gasteiger partial charge on any atom is -0.790 e. The Morgan fingerprint density at radius 2 is 0.688 bits per heavy atom. The number of carbonyl (C=O) groups is 4. The number of hydrogen-bond donors (Lipinski definition) is 8. The number of halogens is 8. The number of anilines is 4. The van der Waals surface area contributed by atoms with Crippen LogP contribution in [0.2, 0.25) is 0 Å². The fraction of sp³-hybridized carbons (Fsp3) is 0.326.